The minimum absolute atomic E-state index is 0.00198. The number of aryl methyl sites for hydroxylation is 3. The standard InChI is InChI=1S/C22H28FN3O5S/c1-5-31-22(28)19-14(3)24-15(4)20(19)32(29,30)26-10-6-7-16(12-26)21(27)25-18-9-8-17(23)11-13(18)2/h8-9,11,16,24H,5-7,10,12H2,1-4H3,(H,25,27). The fraction of sp³-hybridized carbons (Fsp3) is 0.455. The molecule has 0 radical (unpaired) electrons. The molecule has 1 atom stereocenters. The summed E-state index contributed by atoms with van der Waals surface area (Å²) in [6.07, 6.45) is 1.02. The van der Waals surface area contributed by atoms with Crippen LogP contribution in [-0.4, -0.2) is 49.3 Å². The lowest BCUT2D eigenvalue weighted by molar-refractivity contribution is -0.120. The van der Waals surface area contributed by atoms with Gasteiger partial charge in [0.05, 0.1) is 12.5 Å². The first-order valence-corrected chi connectivity index (χ1v) is 11.9. The Labute approximate surface area is 187 Å². The topological polar surface area (TPSA) is 109 Å². The van der Waals surface area contributed by atoms with Crippen molar-refractivity contribution in [3.05, 3.63) is 46.5 Å². The molecule has 1 fully saturated rings. The number of amides is 1. The Morgan fingerprint density at radius 3 is 2.62 bits per heavy atom. The highest BCUT2D eigenvalue weighted by atomic mass is 32.2. The zero-order valence-electron chi connectivity index (χ0n) is 18.6. The molecule has 1 aromatic heterocycles. The minimum Gasteiger partial charge on any atom is -0.462 e. The second kappa shape index (κ2) is 9.41. The number of H-pyrrole nitrogens is 1. The van der Waals surface area contributed by atoms with Gasteiger partial charge in [0.15, 0.2) is 0 Å². The highest BCUT2D eigenvalue weighted by Gasteiger charge is 2.38. The van der Waals surface area contributed by atoms with Crippen LogP contribution < -0.4 is 5.32 Å². The molecular formula is C22H28FN3O5S. The maximum atomic E-state index is 13.5. The van der Waals surface area contributed by atoms with Gasteiger partial charge in [0.2, 0.25) is 15.9 Å². The van der Waals surface area contributed by atoms with Crippen molar-refractivity contribution in [2.75, 3.05) is 25.0 Å². The minimum atomic E-state index is -4.05. The quantitative estimate of drug-likeness (QED) is 0.637. The molecule has 1 aliphatic heterocycles. The smallest absolute Gasteiger partial charge is 0.341 e. The first-order chi connectivity index (χ1) is 15.1. The lowest BCUT2D eigenvalue weighted by atomic mass is 9.98. The summed E-state index contributed by atoms with van der Waals surface area (Å²) in [7, 11) is -4.05. The number of carbonyl (C=O) groups is 2. The Morgan fingerprint density at radius 1 is 1.25 bits per heavy atom. The van der Waals surface area contributed by atoms with Gasteiger partial charge in [0, 0.05) is 30.2 Å². The Kier molecular flexibility index (Phi) is 7.04. The van der Waals surface area contributed by atoms with E-state index in [0.29, 0.717) is 35.5 Å². The summed E-state index contributed by atoms with van der Waals surface area (Å²) in [4.78, 5) is 28.1. The molecule has 174 valence electrons. The Hall–Kier alpha value is -2.72. The van der Waals surface area contributed by atoms with E-state index in [4.69, 9.17) is 4.74 Å². The van der Waals surface area contributed by atoms with Crippen LogP contribution in [0.3, 0.4) is 0 Å². The average molecular weight is 466 g/mol. The lowest BCUT2D eigenvalue weighted by Crippen LogP contribution is -2.44. The number of aromatic nitrogens is 1. The Balaban J connectivity index is 1.84. The van der Waals surface area contributed by atoms with E-state index in [-0.39, 0.29) is 36.1 Å². The van der Waals surface area contributed by atoms with Crippen molar-refractivity contribution in [3.8, 4) is 0 Å². The number of rotatable bonds is 6. The van der Waals surface area contributed by atoms with Gasteiger partial charge in [0.1, 0.15) is 16.3 Å². The molecule has 1 saturated heterocycles. The number of aromatic amines is 1. The number of nitrogens with one attached hydrogen (secondary N) is 2. The molecular weight excluding hydrogens is 437 g/mol. The van der Waals surface area contributed by atoms with Gasteiger partial charge in [-0.05, 0) is 64.3 Å². The molecule has 2 heterocycles. The number of piperidine rings is 1. The number of nitrogens with zero attached hydrogens (tertiary/aromatic N) is 1. The van der Waals surface area contributed by atoms with Gasteiger partial charge in [-0.2, -0.15) is 4.31 Å². The van der Waals surface area contributed by atoms with Crippen LogP contribution in [0, 0.1) is 32.5 Å². The van der Waals surface area contributed by atoms with E-state index in [1.807, 2.05) is 0 Å². The Bertz CT molecular complexity index is 1140. The monoisotopic (exact) mass is 465 g/mol. The van der Waals surface area contributed by atoms with Crippen molar-refractivity contribution in [2.45, 2.75) is 45.4 Å². The number of hydrogen-bond donors (Lipinski definition) is 2. The molecule has 0 spiro atoms. The van der Waals surface area contributed by atoms with Crippen molar-refractivity contribution < 1.29 is 27.1 Å². The van der Waals surface area contributed by atoms with Crippen LogP contribution in [0.4, 0.5) is 10.1 Å². The van der Waals surface area contributed by atoms with Crippen LogP contribution in [0.1, 0.15) is 47.1 Å². The summed E-state index contributed by atoms with van der Waals surface area (Å²) < 4.78 is 46.6. The maximum absolute atomic E-state index is 13.5. The van der Waals surface area contributed by atoms with E-state index in [9.17, 15) is 22.4 Å². The van der Waals surface area contributed by atoms with Crippen LogP contribution >= 0.6 is 0 Å². The van der Waals surface area contributed by atoms with E-state index in [0.717, 1.165) is 0 Å². The number of sulfonamides is 1. The Morgan fingerprint density at radius 2 is 1.97 bits per heavy atom. The van der Waals surface area contributed by atoms with Crippen molar-refractivity contribution in [1.82, 2.24) is 9.29 Å². The van der Waals surface area contributed by atoms with Gasteiger partial charge >= 0.3 is 5.97 Å². The lowest BCUT2D eigenvalue weighted by Gasteiger charge is -2.31. The largest absolute Gasteiger partial charge is 0.462 e. The normalized spacial score (nSPS) is 17.2. The summed E-state index contributed by atoms with van der Waals surface area (Å²) >= 11 is 0. The number of benzene rings is 1. The first-order valence-electron chi connectivity index (χ1n) is 10.5. The third-order valence-electron chi connectivity index (χ3n) is 5.60. The van der Waals surface area contributed by atoms with Gasteiger partial charge in [-0.1, -0.05) is 0 Å². The fourth-order valence-corrected chi connectivity index (χ4v) is 5.97. The third kappa shape index (κ3) is 4.71. The molecule has 2 N–H and O–H groups in total. The van der Waals surface area contributed by atoms with Crippen molar-refractivity contribution >= 4 is 27.6 Å². The SMILES string of the molecule is CCOC(=O)c1c(C)[nH]c(C)c1S(=O)(=O)N1CCCC(C(=O)Nc2ccc(F)cc2C)C1. The number of esters is 1. The second-order valence-electron chi connectivity index (χ2n) is 7.95. The predicted octanol–water partition coefficient (Wildman–Crippen LogP) is 3.30. The molecule has 1 aromatic carbocycles. The average Bonchev–Trinajstić information content (AvgIpc) is 3.04. The highest BCUT2D eigenvalue weighted by molar-refractivity contribution is 7.89. The number of ether oxygens (including phenoxy) is 1. The van der Waals surface area contributed by atoms with Crippen LogP contribution in [-0.2, 0) is 19.6 Å². The van der Waals surface area contributed by atoms with Gasteiger partial charge in [-0.3, -0.25) is 4.79 Å². The molecule has 3 rings (SSSR count). The molecule has 0 aliphatic carbocycles. The van der Waals surface area contributed by atoms with Crippen LogP contribution in [0.5, 0.6) is 0 Å². The summed E-state index contributed by atoms with van der Waals surface area (Å²) in [5.74, 6) is -2.00. The number of halogens is 1. The van der Waals surface area contributed by atoms with Crippen LogP contribution in [0.15, 0.2) is 23.1 Å². The van der Waals surface area contributed by atoms with E-state index in [2.05, 4.69) is 10.3 Å². The molecule has 0 bridgehead atoms. The van der Waals surface area contributed by atoms with Crippen LogP contribution in [0.2, 0.25) is 0 Å². The van der Waals surface area contributed by atoms with E-state index >= 15 is 0 Å². The highest BCUT2D eigenvalue weighted by Crippen LogP contribution is 2.31. The summed E-state index contributed by atoms with van der Waals surface area (Å²) in [6, 6.07) is 4.06. The molecule has 0 saturated carbocycles. The summed E-state index contributed by atoms with van der Waals surface area (Å²) in [5, 5.41) is 2.77. The summed E-state index contributed by atoms with van der Waals surface area (Å²) in [6.45, 7) is 6.90. The first kappa shape index (κ1) is 23.9. The van der Waals surface area contributed by atoms with E-state index < -0.39 is 27.7 Å². The molecule has 32 heavy (non-hydrogen) atoms. The van der Waals surface area contributed by atoms with Crippen molar-refractivity contribution in [1.29, 1.82) is 0 Å². The van der Waals surface area contributed by atoms with E-state index in [1.54, 1.807) is 27.7 Å². The number of carbonyl (C=O) groups excluding carboxylic acids is 2. The van der Waals surface area contributed by atoms with Gasteiger partial charge < -0.3 is 15.0 Å². The summed E-state index contributed by atoms with van der Waals surface area (Å²) in [5.41, 5.74) is 1.82. The molecule has 1 aliphatic rings. The van der Waals surface area contributed by atoms with Crippen molar-refractivity contribution in [2.24, 2.45) is 5.92 Å². The van der Waals surface area contributed by atoms with E-state index in [1.165, 1.54) is 22.5 Å². The molecule has 10 heteroatoms. The predicted molar refractivity (Wildman–Crippen MR) is 117 cm³/mol. The van der Waals surface area contributed by atoms with Gasteiger partial charge in [-0.15, -0.1) is 0 Å². The molecule has 1 amide bonds. The second-order valence-corrected chi connectivity index (χ2v) is 9.83. The zero-order chi connectivity index (χ0) is 23.6. The van der Waals surface area contributed by atoms with Crippen molar-refractivity contribution in [3.63, 3.8) is 0 Å². The van der Waals surface area contributed by atoms with Crippen LogP contribution in [0.25, 0.3) is 0 Å². The fourth-order valence-electron chi connectivity index (χ4n) is 4.04. The zero-order valence-corrected chi connectivity index (χ0v) is 19.4. The molecule has 8 nitrogen and oxygen atoms in total. The number of anilines is 1. The van der Waals surface area contributed by atoms with Gasteiger partial charge in [0.25, 0.3) is 0 Å². The number of hydrogen-bond acceptors (Lipinski definition) is 5. The third-order valence-corrected chi connectivity index (χ3v) is 7.63. The molecule has 2 aromatic rings. The molecule has 1 unspecified atom stereocenters. The maximum Gasteiger partial charge on any atom is 0.341 e. The van der Waals surface area contributed by atoms with Gasteiger partial charge in [-0.25, -0.2) is 17.6 Å².